The summed E-state index contributed by atoms with van der Waals surface area (Å²) in [6.07, 6.45) is 0. The zero-order chi connectivity index (χ0) is 8.43. The normalized spacial score (nSPS) is 10.1. The van der Waals surface area contributed by atoms with Gasteiger partial charge in [-0.3, -0.25) is 0 Å². The number of anilines is 1. The topological polar surface area (TPSA) is 26.0 Å². The SMILES string of the molecule is Nc1c(Cl)cc(C[AsH2])cc1I. The molecule has 11 heavy (non-hydrogen) atoms. The second-order valence-corrected chi connectivity index (χ2v) is 4.60. The van der Waals surface area contributed by atoms with Gasteiger partial charge in [0.15, 0.2) is 0 Å². The molecule has 0 aliphatic carbocycles. The van der Waals surface area contributed by atoms with Crippen LogP contribution in [0.25, 0.3) is 0 Å². The fraction of sp³-hybridized carbons (Fsp3) is 0.143. The fourth-order valence-corrected chi connectivity index (χ4v) is 2.34. The molecule has 0 heterocycles. The van der Waals surface area contributed by atoms with Gasteiger partial charge in [0, 0.05) is 0 Å². The predicted octanol–water partition coefficient (Wildman–Crippen LogP) is 1.66. The van der Waals surface area contributed by atoms with Gasteiger partial charge in [0.25, 0.3) is 0 Å². The monoisotopic (exact) mass is 343 g/mol. The molecule has 0 fully saturated rings. The molecule has 0 aliphatic rings. The van der Waals surface area contributed by atoms with Crippen molar-refractivity contribution in [2.24, 2.45) is 0 Å². The van der Waals surface area contributed by atoms with Crippen LogP contribution in [-0.2, 0) is 5.21 Å². The summed E-state index contributed by atoms with van der Waals surface area (Å²) >= 11 is 9.75. The van der Waals surface area contributed by atoms with E-state index in [4.69, 9.17) is 17.3 Å². The van der Waals surface area contributed by atoms with Crippen molar-refractivity contribution in [2.45, 2.75) is 5.21 Å². The minimum absolute atomic E-state index is 0.671. The Labute approximate surface area is 93.3 Å². The van der Waals surface area contributed by atoms with E-state index in [1.54, 1.807) is 16.9 Å². The number of benzene rings is 1. The molecule has 0 aliphatic heterocycles. The molecule has 1 nitrogen and oxygen atoms in total. The van der Waals surface area contributed by atoms with E-state index in [0.717, 1.165) is 8.78 Å². The zero-order valence-electron chi connectivity index (χ0n) is 5.77. The molecule has 0 aromatic heterocycles. The summed E-state index contributed by atoms with van der Waals surface area (Å²) in [4.78, 5) is 0. The van der Waals surface area contributed by atoms with Gasteiger partial charge in [-0.1, -0.05) is 0 Å². The quantitative estimate of drug-likeness (QED) is 0.468. The van der Waals surface area contributed by atoms with Crippen LogP contribution in [0.3, 0.4) is 0 Å². The van der Waals surface area contributed by atoms with Crippen molar-refractivity contribution in [3.8, 4) is 0 Å². The van der Waals surface area contributed by atoms with Crippen molar-refractivity contribution in [3.05, 3.63) is 26.3 Å². The van der Waals surface area contributed by atoms with Crippen molar-refractivity contribution in [3.63, 3.8) is 0 Å². The third kappa shape index (κ3) is 2.27. The Kier molecular flexibility index (Phi) is 3.53. The average molecular weight is 343 g/mol. The molecule has 1 aromatic carbocycles. The van der Waals surface area contributed by atoms with Crippen LogP contribution in [0.15, 0.2) is 12.1 Å². The predicted molar refractivity (Wildman–Crippen MR) is 60.8 cm³/mol. The van der Waals surface area contributed by atoms with Crippen LogP contribution >= 0.6 is 34.2 Å². The molecule has 0 saturated carbocycles. The molecule has 60 valence electrons. The van der Waals surface area contributed by atoms with E-state index >= 15 is 0 Å². The molecule has 1 rings (SSSR count). The molecule has 1 unspecified atom stereocenters. The Morgan fingerprint density at radius 2 is 2.18 bits per heavy atom. The standard InChI is InChI=1S/C7H8AsClIN/c8-3-4-1-5(9)7(11)6(10)2-4/h1-2H,3,8,11H2. The summed E-state index contributed by atoms with van der Waals surface area (Å²) in [7, 11) is 0. The van der Waals surface area contributed by atoms with Crippen molar-refractivity contribution >= 4 is 56.7 Å². The van der Waals surface area contributed by atoms with Crippen LogP contribution in [0.5, 0.6) is 0 Å². The third-order valence-corrected chi connectivity index (χ3v) is 3.57. The van der Waals surface area contributed by atoms with Crippen LogP contribution in [0.1, 0.15) is 5.56 Å². The van der Waals surface area contributed by atoms with Gasteiger partial charge in [0.1, 0.15) is 0 Å². The number of halogens is 2. The van der Waals surface area contributed by atoms with Crippen LogP contribution in [0, 0.1) is 3.57 Å². The summed E-state index contributed by atoms with van der Waals surface area (Å²) in [6.45, 7) is 0. The van der Waals surface area contributed by atoms with Gasteiger partial charge in [-0.25, -0.2) is 0 Å². The first-order chi connectivity index (χ1) is 5.15. The Bertz CT molecular complexity index is 254. The van der Waals surface area contributed by atoms with Gasteiger partial charge in [0.2, 0.25) is 0 Å². The molecule has 0 bridgehead atoms. The van der Waals surface area contributed by atoms with E-state index < -0.39 is 0 Å². The van der Waals surface area contributed by atoms with Crippen molar-refractivity contribution in [1.29, 1.82) is 0 Å². The van der Waals surface area contributed by atoms with Gasteiger partial charge in [-0.05, 0) is 0 Å². The number of nitrogens with two attached hydrogens (primary N) is 1. The van der Waals surface area contributed by atoms with Gasteiger partial charge in [-0.15, -0.1) is 0 Å². The second-order valence-electron chi connectivity index (χ2n) is 2.18. The van der Waals surface area contributed by atoms with Gasteiger partial charge in [-0.2, -0.15) is 0 Å². The molecule has 1 atom stereocenters. The van der Waals surface area contributed by atoms with E-state index in [2.05, 4.69) is 28.7 Å². The summed E-state index contributed by atoms with van der Waals surface area (Å²) in [5.41, 5.74) is 7.62. The van der Waals surface area contributed by atoms with E-state index in [1.807, 2.05) is 6.07 Å². The van der Waals surface area contributed by atoms with Crippen LogP contribution in [-0.4, -0.2) is 16.9 Å². The molecule has 4 heteroatoms. The van der Waals surface area contributed by atoms with Gasteiger partial charge >= 0.3 is 94.0 Å². The number of rotatable bonds is 1. The van der Waals surface area contributed by atoms with Crippen LogP contribution in [0.2, 0.25) is 5.02 Å². The first-order valence-electron chi connectivity index (χ1n) is 3.08. The Morgan fingerprint density at radius 1 is 1.55 bits per heavy atom. The van der Waals surface area contributed by atoms with Crippen molar-refractivity contribution in [2.75, 3.05) is 5.73 Å². The number of nitrogen functional groups attached to an aromatic ring is 1. The fourth-order valence-electron chi connectivity index (χ4n) is 0.755. The van der Waals surface area contributed by atoms with E-state index in [1.165, 1.54) is 5.56 Å². The van der Waals surface area contributed by atoms with Gasteiger partial charge in [0.05, 0.1) is 0 Å². The maximum atomic E-state index is 5.88. The molecule has 0 radical (unpaired) electrons. The molecular weight excluding hydrogens is 335 g/mol. The van der Waals surface area contributed by atoms with Crippen LogP contribution in [0.4, 0.5) is 5.69 Å². The Balaban J connectivity index is 3.21. The first-order valence-corrected chi connectivity index (χ1v) is 6.25. The maximum absolute atomic E-state index is 5.88. The van der Waals surface area contributed by atoms with Crippen molar-refractivity contribution in [1.82, 2.24) is 0 Å². The molecule has 1 aromatic rings. The Morgan fingerprint density at radius 3 is 2.64 bits per heavy atom. The minimum atomic E-state index is 0.671. The molecule has 0 saturated heterocycles. The molecule has 0 amide bonds. The van der Waals surface area contributed by atoms with Crippen molar-refractivity contribution < 1.29 is 0 Å². The Hall–Kier alpha value is 0.598. The van der Waals surface area contributed by atoms with Gasteiger partial charge < -0.3 is 0 Å². The zero-order valence-corrected chi connectivity index (χ0v) is 11.1. The molecular formula is C7H8AsClIN. The summed E-state index contributed by atoms with van der Waals surface area (Å²) < 4.78 is 1.04. The third-order valence-electron chi connectivity index (χ3n) is 1.37. The van der Waals surface area contributed by atoms with E-state index in [-0.39, 0.29) is 0 Å². The molecule has 2 N–H and O–H groups in total. The molecule has 0 spiro atoms. The van der Waals surface area contributed by atoms with E-state index in [9.17, 15) is 0 Å². The van der Waals surface area contributed by atoms with E-state index in [0.29, 0.717) is 10.7 Å². The number of hydrogen-bond acceptors (Lipinski definition) is 1. The first kappa shape index (κ1) is 9.68. The average Bonchev–Trinajstić information content (AvgIpc) is 1.99. The number of hydrogen-bond donors (Lipinski definition) is 1. The van der Waals surface area contributed by atoms with Crippen LogP contribution < -0.4 is 5.73 Å². The summed E-state index contributed by atoms with van der Waals surface area (Å²) in [6, 6.07) is 4.00. The summed E-state index contributed by atoms with van der Waals surface area (Å²) in [5, 5.41) is 1.73. The second kappa shape index (κ2) is 4.01. The summed E-state index contributed by atoms with van der Waals surface area (Å²) in [5.74, 6) is 0.